The van der Waals surface area contributed by atoms with Gasteiger partial charge in [-0.15, -0.1) is 0 Å². The lowest BCUT2D eigenvalue weighted by molar-refractivity contribution is -0.139. The molecule has 0 saturated carbocycles. The van der Waals surface area contributed by atoms with Crippen molar-refractivity contribution in [1.82, 2.24) is 0 Å². The number of esters is 1. The van der Waals surface area contributed by atoms with Crippen molar-refractivity contribution in [3.8, 4) is 0 Å². The molecule has 0 fully saturated rings. The molecule has 0 saturated heterocycles. The van der Waals surface area contributed by atoms with Crippen LogP contribution in [0.25, 0.3) is 0 Å². The summed E-state index contributed by atoms with van der Waals surface area (Å²) in [5, 5.41) is 0. The Kier molecular flexibility index (Phi) is 5.62. The fourth-order valence-electron chi connectivity index (χ4n) is 0.752. The normalized spacial score (nSPS) is 11.1. The quantitative estimate of drug-likeness (QED) is 0.250. The van der Waals surface area contributed by atoms with E-state index in [1.807, 2.05) is 0 Å². The standard InChI is InChI=1S/C8H16O5Si/c1-7(2)8(9)13-5-3-4-6-14(10,11)12/h10-12H,1,3-6H2,2H3. The van der Waals surface area contributed by atoms with Gasteiger partial charge in [0, 0.05) is 11.6 Å². The van der Waals surface area contributed by atoms with Gasteiger partial charge in [0.1, 0.15) is 0 Å². The maximum atomic E-state index is 10.8. The monoisotopic (exact) mass is 220 g/mol. The highest BCUT2D eigenvalue weighted by atomic mass is 28.4. The molecule has 0 heterocycles. The van der Waals surface area contributed by atoms with Gasteiger partial charge in [0.2, 0.25) is 0 Å². The van der Waals surface area contributed by atoms with Gasteiger partial charge in [-0.05, 0) is 19.8 Å². The third-order valence-electron chi connectivity index (χ3n) is 1.49. The summed E-state index contributed by atoms with van der Waals surface area (Å²) in [7, 11) is -3.91. The predicted molar refractivity (Wildman–Crippen MR) is 52.2 cm³/mol. The van der Waals surface area contributed by atoms with Crippen LogP contribution in [-0.2, 0) is 9.53 Å². The molecule has 0 bridgehead atoms. The second-order valence-electron chi connectivity index (χ2n) is 3.15. The summed E-state index contributed by atoms with van der Waals surface area (Å²) >= 11 is 0. The zero-order chi connectivity index (χ0) is 11.2. The van der Waals surface area contributed by atoms with Crippen molar-refractivity contribution < 1.29 is 23.9 Å². The molecule has 5 nitrogen and oxygen atoms in total. The Bertz CT molecular complexity index is 208. The van der Waals surface area contributed by atoms with Gasteiger partial charge < -0.3 is 19.1 Å². The van der Waals surface area contributed by atoms with Gasteiger partial charge in [-0.2, -0.15) is 0 Å². The minimum Gasteiger partial charge on any atom is -0.462 e. The number of carbonyl (C=O) groups excluding carboxylic acids is 1. The van der Waals surface area contributed by atoms with Crippen LogP contribution >= 0.6 is 0 Å². The van der Waals surface area contributed by atoms with E-state index >= 15 is 0 Å². The first-order valence-electron chi connectivity index (χ1n) is 4.32. The summed E-state index contributed by atoms with van der Waals surface area (Å²) in [5.74, 6) is -0.453. The van der Waals surface area contributed by atoms with E-state index in [4.69, 9.17) is 19.1 Å². The van der Waals surface area contributed by atoms with Gasteiger partial charge in [0.05, 0.1) is 6.61 Å². The van der Waals surface area contributed by atoms with Crippen molar-refractivity contribution in [2.75, 3.05) is 6.61 Å². The Hall–Kier alpha value is -0.693. The van der Waals surface area contributed by atoms with Gasteiger partial charge in [-0.3, -0.25) is 0 Å². The molecular formula is C8H16O5Si. The van der Waals surface area contributed by atoms with E-state index in [0.717, 1.165) is 0 Å². The Morgan fingerprint density at radius 3 is 2.36 bits per heavy atom. The molecule has 0 aliphatic carbocycles. The Morgan fingerprint density at radius 1 is 1.36 bits per heavy atom. The molecule has 0 aliphatic heterocycles. The number of rotatable bonds is 6. The van der Waals surface area contributed by atoms with Gasteiger partial charge in [0.15, 0.2) is 0 Å². The molecule has 14 heavy (non-hydrogen) atoms. The van der Waals surface area contributed by atoms with E-state index in [-0.39, 0.29) is 12.7 Å². The highest BCUT2D eigenvalue weighted by molar-refractivity contribution is 6.56. The van der Waals surface area contributed by atoms with Gasteiger partial charge >= 0.3 is 14.8 Å². The Labute approximate surface area is 84.0 Å². The minimum atomic E-state index is -3.91. The van der Waals surface area contributed by atoms with Crippen molar-refractivity contribution in [2.45, 2.75) is 25.8 Å². The molecule has 82 valence electrons. The van der Waals surface area contributed by atoms with Crippen molar-refractivity contribution in [1.29, 1.82) is 0 Å². The number of unbranched alkanes of at least 4 members (excludes halogenated alkanes) is 1. The number of ether oxygens (including phenoxy) is 1. The molecule has 0 aromatic carbocycles. The zero-order valence-electron chi connectivity index (χ0n) is 8.19. The number of hydrogen-bond acceptors (Lipinski definition) is 5. The van der Waals surface area contributed by atoms with Crippen molar-refractivity contribution in [3.63, 3.8) is 0 Å². The van der Waals surface area contributed by atoms with E-state index in [1.165, 1.54) is 0 Å². The van der Waals surface area contributed by atoms with Crippen LogP contribution in [0.4, 0.5) is 0 Å². The van der Waals surface area contributed by atoms with Crippen LogP contribution in [0, 0.1) is 0 Å². The Morgan fingerprint density at radius 2 is 1.93 bits per heavy atom. The predicted octanol–water partition coefficient (Wildman–Crippen LogP) is -0.198. The highest BCUT2D eigenvalue weighted by Crippen LogP contribution is 2.05. The van der Waals surface area contributed by atoms with Gasteiger partial charge in [-0.1, -0.05) is 6.58 Å². The molecule has 0 unspecified atom stereocenters. The topological polar surface area (TPSA) is 87.0 Å². The van der Waals surface area contributed by atoms with Crippen LogP contribution in [0.15, 0.2) is 12.2 Å². The van der Waals surface area contributed by atoms with Crippen LogP contribution in [0.5, 0.6) is 0 Å². The summed E-state index contributed by atoms with van der Waals surface area (Å²) in [6, 6.07) is -0.0301. The molecule has 0 radical (unpaired) electrons. The summed E-state index contributed by atoms with van der Waals surface area (Å²) in [5.41, 5.74) is 0.334. The third kappa shape index (κ3) is 7.93. The molecule has 0 spiro atoms. The SMILES string of the molecule is C=C(C)C(=O)OCCCC[Si](O)(O)O. The van der Waals surface area contributed by atoms with E-state index in [9.17, 15) is 4.79 Å². The van der Waals surface area contributed by atoms with Crippen molar-refractivity contribution >= 4 is 14.8 Å². The highest BCUT2D eigenvalue weighted by Gasteiger charge is 2.25. The molecule has 0 amide bonds. The van der Waals surface area contributed by atoms with Crippen LogP contribution in [0.1, 0.15) is 19.8 Å². The lowest BCUT2D eigenvalue weighted by atomic mass is 10.3. The van der Waals surface area contributed by atoms with Crippen molar-refractivity contribution in [3.05, 3.63) is 12.2 Å². The van der Waals surface area contributed by atoms with E-state index in [1.54, 1.807) is 6.92 Å². The number of hydrogen-bond donors (Lipinski definition) is 3. The summed E-state index contributed by atoms with van der Waals surface area (Å²) < 4.78 is 4.75. The second-order valence-corrected chi connectivity index (χ2v) is 5.20. The van der Waals surface area contributed by atoms with Gasteiger partial charge in [0.25, 0.3) is 0 Å². The zero-order valence-corrected chi connectivity index (χ0v) is 9.19. The van der Waals surface area contributed by atoms with E-state index in [0.29, 0.717) is 18.4 Å². The van der Waals surface area contributed by atoms with Crippen LogP contribution in [0.3, 0.4) is 0 Å². The van der Waals surface area contributed by atoms with Gasteiger partial charge in [-0.25, -0.2) is 4.79 Å². The molecule has 3 N–H and O–H groups in total. The first kappa shape index (κ1) is 13.3. The first-order chi connectivity index (χ1) is 6.33. The first-order valence-corrected chi connectivity index (χ1v) is 6.37. The molecule has 0 aromatic heterocycles. The lowest BCUT2D eigenvalue weighted by Crippen LogP contribution is -2.34. The Balaban J connectivity index is 3.39. The summed E-state index contributed by atoms with van der Waals surface area (Å²) in [4.78, 5) is 36.8. The van der Waals surface area contributed by atoms with Crippen LogP contribution < -0.4 is 0 Å². The summed E-state index contributed by atoms with van der Waals surface area (Å²) in [6.07, 6.45) is 0.911. The maximum absolute atomic E-state index is 10.8. The maximum Gasteiger partial charge on any atom is 0.492 e. The van der Waals surface area contributed by atoms with E-state index < -0.39 is 14.8 Å². The molecule has 0 rings (SSSR count). The fourth-order valence-corrected chi connectivity index (χ4v) is 1.48. The van der Waals surface area contributed by atoms with Crippen molar-refractivity contribution in [2.24, 2.45) is 0 Å². The molecule has 6 heteroatoms. The molecule has 0 atom stereocenters. The average Bonchev–Trinajstić information content (AvgIpc) is 2.01. The molecular weight excluding hydrogens is 204 g/mol. The third-order valence-corrected chi connectivity index (χ3v) is 2.51. The fraction of sp³-hybridized carbons (Fsp3) is 0.625. The average molecular weight is 220 g/mol. The van der Waals surface area contributed by atoms with E-state index in [2.05, 4.69) is 6.58 Å². The summed E-state index contributed by atoms with van der Waals surface area (Å²) in [6.45, 7) is 5.16. The molecule has 0 aliphatic rings. The largest absolute Gasteiger partial charge is 0.492 e. The molecule has 0 aromatic rings. The smallest absolute Gasteiger partial charge is 0.462 e. The van der Waals surface area contributed by atoms with Crippen LogP contribution in [-0.4, -0.2) is 35.8 Å². The van der Waals surface area contributed by atoms with Crippen LogP contribution in [0.2, 0.25) is 6.04 Å². The minimum absolute atomic E-state index is 0.0301. The number of carbonyl (C=O) groups is 1. The lowest BCUT2D eigenvalue weighted by Gasteiger charge is -2.08. The second kappa shape index (κ2) is 5.92.